The Bertz CT molecular complexity index is 866. The van der Waals surface area contributed by atoms with Crippen LogP contribution in [0.2, 0.25) is 0 Å². The molecule has 3 aromatic rings. The van der Waals surface area contributed by atoms with Crippen molar-refractivity contribution in [2.45, 2.75) is 26.6 Å². The van der Waals surface area contributed by atoms with Crippen LogP contribution in [0, 0.1) is 0 Å². The van der Waals surface area contributed by atoms with E-state index in [0.29, 0.717) is 19.0 Å². The molecule has 0 saturated carbocycles. The van der Waals surface area contributed by atoms with Gasteiger partial charge in [0.25, 0.3) is 0 Å². The molecule has 5 nitrogen and oxygen atoms in total. The summed E-state index contributed by atoms with van der Waals surface area (Å²) in [5, 5.41) is 6.64. The van der Waals surface area contributed by atoms with Crippen LogP contribution >= 0.6 is 0 Å². The predicted octanol–water partition coefficient (Wildman–Crippen LogP) is 3.92. The van der Waals surface area contributed by atoms with Gasteiger partial charge in [-0.15, -0.1) is 0 Å². The van der Waals surface area contributed by atoms with E-state index < -0.39 is 0 Å². The van der Waals surface area contributed by atoms with Crippen molar-refractivity contribution in [3.8, 4) is 5.88 Å². The quantitative estimate of drug-likeness (QED) is 0.464. The monoisotopic (exact) mass is 374 g/mol. The van der Waals surface area contributed by atoms with Gasteiger partial charge in [0.05, 0.1) is 6.54 Å². The Balaban J connectivity index is 1.57. The summed E-state index contributed by atoms with van der Waals surface area (Å²) in [6.45, 7) is 4.65. The summed E-state index contributed by atoms with van der Waals surface area (Å²) in [7, 11) is 0. The normalized spacial score (nSPS) is 11.1. The summed E-state index contributed by atoms with van der Waals surface area (Å²) in [6.07, 6.45) is 1.76. The van der Waals surface area contributed by atoms with Gasteiger partial charge in [0.1, 0.15) is 6.61 Å². The Labute approximate surface area is 166 Å². The van der Waals surface area contributed by atoms with Gasteiger partial charge in [0.15, 0.2) is 5.96 Å². The number of hydrogen-bond acceptors (Lipinski definition) is 3. The summed E-state index contributed by atoms with van der Waals surface area (Å²) in [4.78, 5) is 8.96. The maximum Gasteiger partial charge on any atom is 0.213 e. The second kappa shape index (κ2) is 10.7. The van der Waals surface area contributed by atoms with E-state index in [1.807, 2.05) is 60.7 Å². The number of nitrogens with one attached hydrogen (secondary N) is 2. The van der Waals surface area contributed by atoms with Crippen LogP contribution in [0.3, 0.4) is 0 Å². The first-order chi connectivity index (χ1) is 13.8. The largest absolute Gasteiger partial charge is 0.473 e. The molecule has 0 radical (unpaired) electrons. The average molecular weight is 374 g/mol. The van der Waals surface area contributed by atoms with E-state index in [1.165, 1.54) is 5.56 Å². The molecule has 0 aliphatic heterocycles. The molecule has 2 aromatic carbocycles. The number of aromatic nitrogens is 1. The molecule has 1 aromatic heterocycles. The lowest BCUT2D eigenvalue weighted by atomic mass is 10.2. The number of ether oxygens (including phenoxy) is 1. The number of nitrogens with zero attached hydrogens (tertiary/aromatic N) is 2. The second-order valence-corrected chi connectivity index (χ2v) is 6.31. The highest BCUT2D eigenvalue weighted by Crippen LogP contribution is 2.12. The summed E-state index contributed by atoms with van der Waals surface area (Å²) in [6, 6.07) is 24.2. The molecule has 0 spiro atoms. The average Bonchev–Trinajstić information content (AvgIpc) is 2.76. The minimum absolute atomic E-state index is 0.502. The summed E-state index contributed by atoms with van der Waals surface area (Å²) < 4.78 is 5.80. The fourth-order valence-corrected chi connectivity index (χ4v) is 2.65. The van der Waals surface area contributed by atoms with Crippen molar-refractivity contribution in [3.05, 3.63) is 95.7 Å². The topological polar surface area (TPSA) is 58.5 Å². The predicted molar refractivity (Wildman–Crippen MR) is 113 cm³/mol. The summed E-state index contributed by atoms with van der Waals surface area (Å²) in [5.41, 5.74) is 3.39. The van der Waals surface area contributed by atoms with Crippen molar-refractivity contribution in [1.82, 2.24) is 15.6 Å². The molecule has 0 amide bonds. The van der Waals surface area contributed by atoms with Gasteiger partial charge in [-0.3, -0.25) is 0 Å². The molecule has 28 heavy (non-hydrogen) atoms. The van der Waals surface area contributed by atoms with E-state index >= 15 is 0 Å². The number of hydrogen-bond donors (Lipinski definition) is 2. The maximum absolute atomic E-state index is 5.80. The number of pyridine rings is 1. The third-order valence-electron chi connectivity index (χ3n) is 4.10. The van der Waals surface area contributed by atoms with Crippen molar-refractivity contribution in [2.24, 2.45) is 4.99 Å². The molecule has 0 aliphatic carbocycles. The van der Waals surface area contributed by atoms with E-state index in [9.17, 15) is 0 Å². The molecular formula is C23H26N4O. The first-order valence-electron chi connectivity index (χ1n) is 9.51. The first-order valence-corrected chi connectivity index (χ1v) is 9.51. The van der Waals surface area contributed by atoms with Crippen molar-refractivity contribution < 1.29 is 4.74 Å². The molecule has 144 valence electrons. The van der Waals surface area contributed by atoms with E-state index in [2.05, 4.69) is 39.7 Å². The van der Waals surface area contributed by atoms with Crippen molar-refractivity contribution in [3.63, 3.8) is 0 Å². The second-order valence-electron chi connectivity index (χ2n) is 6.31. The van der Waals surface area contributed by atoms with Crippen LogP contribution in [-0.2, 0) is 19.7 Å². The minimum Gasteiger partial charge on any atom is -0.473 e. The smallest absolute Gasteiger partial charge is 0.213 e. The SMILES string of the molecule is CCNC(=NCc1ccnc(OCc2ccccc2)c1)NCc1ccccc1. The number of rotatable bonds is 8. The third-order valence-corrected chi connectivity index (χ3v) is 4.10. The number of aliphatic imine (C=N–C) groups is 1. The Morgan fingerprint density at radius 2 is 1.61 bits per heavy atom. The highest BCUT2D eigenvalue weighted by atomic mass is 16.5. The van der Waals surface area contributed by atoms with Crippen LogP contribution in [0.15, 0.2) is 84.0 Å². The van der Waals surface area contributed by atoms with Crippen LogP contribution in [0.1, 0.15) is 23.6 Å². The van der Waals surface area contributed by atoms with Gasteiger partial charge >= 0.3 is 0 Å². The van der Waals surface area contributed by atoms with E-state index in [1.54, 1.807) is 6.20 Å². The number of guanidine groups is 1. The lowest BCUT2D eigenvalue weighted by Gasteiger charge is -2.11. The molecule has 0 bridgehead atoms. The Morgan fingerprint density at radius 3 is 2.32 bits per heavy atom. The Kier molecular flexibility index (Phi) is 7.44. The zero-order valence-electron chi connectivity index (χ0n) is 16.1. The van der Waals surface area contributed by atoms with Gasteiger partial charge < -0.3 is 15.4 Å². The molecule has 1 heterocycles. The summed E-state index contributed by atoms with van der Waals surface area (Å²) in [5.74, 6) is 1.40. The van der Waals surface area contributed by atoms with E-state index in [-0.39, 0.29) is 0 Å². The molecule has 0 saturated heterocycles. The van der Waals surface area contributed by atoms with Gasteiger partial charge in [-0.25, -0.2) is 9.98 Å². The van der Waals surface area contributed by atoms with Crippen molar-refractivity contribution in [2.75, 3.05) is 6.54 Å². The van der Waals surface area contributed by atoms with Crippen LogP contribution in [-0.4, -0.2) is 17.5 Å². The van der Waals surface area contributed by atoms with Gasteiger partial charge in [-0.2, -0.15) is 0 Å². The van der Waals surface area contributed by atoms with Crippen molar-refractivity contribution >= 4 is 5.96 Å². The van der Waals surface area contributed by atoms with Gasteiger partial charge in [0, 0.05) is 25.4 Å². The zero-order valence-corrected chi connectivity index (χ0v) is 16.1. The first kappa shape index (κ1) is 19.4. The van der Waals surface area contributed by atoms with E-state index in [4.69, 9.17) is 4.74 Å². The lowest BCUT2D eigenvalue weighted by Crippen LogP contribution is -2.36. The molecule has 5 heteroatoms. The third kappa shape index (κ3) is 6.43. The van der Waals surface area contributed by atoms with Gasteiger partial charge in [-0.05, 0) is 29.7 Å². The van der Waals surface area contributed by atoms with Crippen molar-refractivity contribution in [1.29, 1.82) is 0 Å². The summed E-state index contributed by atoms with van der Waals surface area (Å²) >= 11 is 0. The fraction of sp³-hybridized carbons (Fsp3) is 0.217. The molecule has 3 rings (SSSR count). The fourth-order valence-electron chi connectivity index (χ4n) is 2.65. The molecular weight excluding hydrogens is 348 g/mol. The molecule has 0 aliphatic rings. The highest BCUT2D eigenvalue weighted by molar-refractivity contribution is 5.79. The number of benzene rings is 2. The zero-order chi connectivity index (χ0) is 19.4. The lowest BCUT2D eigenvalue weighted by molar-refractivity contribution is 0.293. The standard InChI is InChI=1S/C23H26N4O/c1-2-24-23(26-16-19-9-5-3-6-10-19)27-17-21-13-14-25-22(15-21)28-18-20-11-7-4-8-12-20/h3-15H,2,16-18H2,1H3,(H2,24,26,27). The van der Waals surface area contributed by atoms with Crippen LogP contribution in [0.5, 0.6) is 5.88 Å². The molecule has 0 unspecified atom stereocenters. The molecule has 0 fully saturated rings. The highest BCUT2D eigenvalue weighted by Gasteiger charge is 2.02. The van der Waals surface area contributed by atoms with Crippen LogP contribution < -0.4 is 15.4 Å². The molecule has 0 atom stereocenters. The molecule has 2 N–H and O–H groups in total. The van der Waals surface area contributed by atoms with Crippen LogP contribution in [0.4, 0.5) is 0 Å². The van der Waals surface area contributed by atoms with Gasteiger partial charge in [0.2, 0.25) is 5.88 Å². The van der Waals surface area contributed by atoms with E-state index in [0.717, 1.165) is 30.2 Å². The minimum atomic E-state index is 0.502. The Morgan fingerprint density at radius 1 is 0.893 bits per heavy atom. The van der Waals surface area contributed by atoms with Crippen LogP contribution in [0.25, 0.3) is 0 Å². The maximum atomic E-state index is 5.80. The van der Waals surface area contributed by atoms with Gasteiger partial charge in [-0.1, -0.05) is 60.7 Å². The Hall–Kier alpha value is -3.34.